The number of hydrogen-bond acceptors (Lipinski definition) is 3. The molecule has 2 unspecified atom stereocenters. The molecule has 2 aliphatic rings. The molecular weight excluding hydrogens is 220 g/mol. The van der Waals surface area contributed by atoms with Crippen LogP contribution in [0.2, 0.25) is 0 Å². The van der Waals surface area contributed by atoms with Crippen LogP contribution in [0, 0.1) is 5.92 Å². The van der Waals surface area contributed by atoms with Crippen LogP contribution in [-0.4, -0.2) is 54.1 Å². The van der Waals surface area contributed by atoms with E-state index in [0.29, 0.717) is 19.1 Å². The highest BCUT2D eigenvalue weighted by atomic mass is 16.6. The number of amides is 2. The van der Waals surface area contributed by atoms with E-state index in [1.54, 1.807) is 9.80 Å². The van der Waals surface area contributed by atoms with Gasteiger partial charge in [-0.1, -0.05) is 13.8 Å². The first-order valence-corrected chi connectivity index (χ1v) is 6.28. The Balaban J connectivity index is 2.00. The van der Waals surface area contributed by atoms with E-state index in [1.807, 2.05) is 0 Å². The van der Waals surface area contributed by atoms with Crippen molar-refractivity contribution in [1.82, 2.24) is 9.80 Å². The van der Waals surface area contributed by atoms with E-state index in [0.717, 1.165) is 25.8 Å². The molecule has 0 saturated carbocycles. The number of cyclic esters (lactones) is 1. The van der Waals surface area contributed by atoms with E-state index < -0.39 is 0 Å². The molecule has 2 fully saturated rings. The fourth-order valence-electron chi connectivity index (χ4n) is 2.65. The summed E-state index contributed by atoms with van der Waals surface area (Å²) in [6, 6.07) is 0.316. The van der Waals surface area contributed by atoms with Gasteiger partial charge in [0.15, 0.2) is 0 Å². The maximum Gasteiger partial charge on any atom is 0.410 e. The molecule has 2 aliphatic heterocycles. The van der Waals surface area contributed by atoms with Crippen molar-refractivity contribution in [2.24, 2.45) is 5.92 Å². The van der Waals surface area contributed by atoms with Gasteiger partial charge in [-0.25, -0.2) is 4.79 Å². The van der Waals surface area contributed by atoms with E-state index in [-0.39, 0.29) is 18.2 Å². The number of rotatable bonds is 4. The maximum absolute atomic E-state index is 11.7. The van der Waals surface area contributed by atoms with Crippen molar-refractivity contribution in [3.05, 3.63) is 0 Å². The summed E-state index contributed by atoms with van der Waals surface area (Å²) in [4.78, 5) is 26.1. The molecule has 0 aromatic carbocycles. The van der Waals surface area contributed by atoms with Gasteiger partial charge in [0.05, 0.1) is 6.04 Å². The fourth-order valence-corrected chi connectivity index (χ4v) is 2.65. The lowest BCUT2D eigenvalue weighted by Crippen LogP contribution is -2.45. The Morgan fingerprint density at radius 2 is 2.29 bits per heavy atom. The van der Waals surface area contributed by atoms with Crippen LogP contribution in [0.1, 0.15) is 26.7 Å². The van der Waals surface area contributed by atoms with Gasteiger partial charge in [-0.3, -0.25) is 9.69 Å². The van der Waals surface area contributed by atoms with Crippen LogP contribution in [0.3, 0.4) is 0 Å². The average Bonchev–Trinajstić information content (AvgIpc) is 2.87. The first-order valence-electron chi connectivity index (χ1n) is 6.28. The summed E-state index contributed by atoms with van der Waals surface area (Å²) in [6.07, 6.45) is 2.66. The predicted octanol–water partition coefficient (Wildman–Crippen LogP) is 1.08. The van der Waals surface area contributed by atoms with E-state index in [9.17, 15) is 9.59 Å². The SMILES string of the molecule is CC(C)C1COC(=O)N1CC1CCCN1C=O. The molecule has 2 amide bonds. The van der Waals surface area contributed by atoms with Crippen LogP contribution in [0.15, 0.2) is 0 Å². The first kappa shape index (κ1) is 12.2. The molecule has 2 rings (SSSR count). The maximum atomic E-state index is 11.7. The van der Waals surface area contributed by atoms with Crippen molar-refractivity contribution in [2.75, 3.05) is 19.7 Å². The van der Waals surface area contributed by atoms with E-state index in [2.05, 4.69) is 13.8 Å². The van der Waals surface area contributed by atoms with Gasteiger partial charge in [0.1, 0.15) is 6.61 Å². The third-order valence-corrected chi connectivity index (χ3v) is 3.75. The highest BCUT2D eigenvalue weighted by molar-refractivity contribution is 5.70. The second kappa shape index (κ2) is 4.94. The Morgan fingerprint density at radius 3 is 2.94 bits per heavy atom. The molecule has 0 aromatic rings. The lowest BCUT2D eigenvalue weighted by Gasteiger charge is -2.29. The number of carbonyl (C=O) groups is 2. The molecule has 5 nitrogen and oxygen atoms in total. The van der Waals surface area contributed by atoms with Gasteiger partial charge in [0.25, 0.3) is 0 Å². The van der Waals surface area contributed by atoms with Crippen LogP contribution in [0.4, 0.5) is 4.79 Å². The summed E-state index contributed by atoms with van der Waals surface area (Å²) in [6.45, 7) is 6.08. The fraction of sp³-hybridized carbons (Fsp3) is 0.833. The van der Waals surface area contributed by atoms with Gasteiger partial charge in [-0.15, -0.1) is 0 Å². The minimum atomic E-state index is -0.235. The second-order valence-corrected chi connectivity index (χ2v) is 5.18. The summed E-state index contributed by atoms with van der Waals surface area (Å²) in [5.74, 6) is 0.382. The Kier molecular flexibility index (Phi) is 3.54. The summed E-state index contributed by atoms with van der Waals surface area (Å²) < 4.78 is 5.10. The van der Waals surface area contributed by atoms with Gasteiger partial charge in [-0.05, 0) is 18.8 Å². The van der Waals surface area contributed by atoms with Crippen LogP contribution >= 0.6 is 0 Å². The summed E-state index contributed by atoms with van der Waals surface area (Å²) >= 11 is 0. The minimum Gasteiger partial charge on any atom is -0.447 e. The molecule has 5 heteroatoms. The average molecular weight is 240 g/mol. The normalized spacial score (nSPS) is 29.0. The molecule has 17 heavy (non-hydrogen) atoms. The van der Waals surface area contributed by atoms with Crippen LogP contribution in [0.5, 0.6) is 0 Å². The molecule has 2 heterocycles. The van der Waals surface area contributed by atoms with Crippen molar-refractivity contribution in [3.63, 3.8) is 0 Å². The summed E-state index contributed by atoms with van der Waals surface area (Å²) in [5.41, 5.74) is 0. The molecule has 0 aliphatic carbocycles. The standard InChI is InChI=1S/C12H20N2O3/c1-9(2)11-7-17-12(16)14(11)6-10-4-3-5-13(10)8-15/h8-11H,3-7H2,1-2H3. The molecule has 0 bridgehead atoms. The molecule has 2 saturated heterocycles. The van der Waals surface area contributed by atoms with Gasteiger partial charge in [0.2, 0.25) is 6.41 Å². The largest absolute Gasteiger partial charge is 0.447 e. The smallest absolute Gasteiger partial charge is 0.410 e. The Morgan fingerprint density at radius 1 is 1.53 bits per heavy atom. The van der Waals surface area contributed by atoms with Crippen LogP contribution < -0.4 is 0 Å². The van der Waals surface area contributed by atoms with Crippen molar-refractivity contribution < 1.29 is 14.3 Å². The minimum absolute atomic E-state index is 0.150. The summed E-state index contributed by atoms with van der Waals surface area (Å²) in [5, 5.41) is 0. The van der Waals surface area contributed by atoms with Crippen molar-refractivity contribution >= 4 is 12.5 Å². The second-order valence-electron chi connectivity index (χ2n) is 5.18. The number of ether oxygens (including phenoxy) is 1. The van der Waals surface area contributed by atoms with Crippen molar-refractivity contribution in [3.8, 4) is 0 Å². The van der Waals surface area contributed by atoms with Crippen LogP contribution in [-0.2, 0) is 9.53 Å². The summed E-state index contributed by atoms with van der Waals surface area (Å²) in [7, 11) is 0. The number of nitrogens with zero attached hydrogens (tertiary/aromatic N) is 2. The Bertz CT molecular complexity index is 306. The van der Waals surface area contributed by atoms with Gasteiger partial charge < -0.3 is 9.64 Å². The zero-order valence-corrected chi connectivity index (χ0v) is 10.5. The van der Waals surface area contributed by atoms with E-state index in [4.69, 9.17) is 4.74 Å². The third kappa shape index (κ3) is 2.37. The molecule has 0 spiro atoms. The number of likely N-dealkylation sites (tertiary alicyclic amines) is 1. The topological polar surface area (TPSA) is 49.9 Å². The predicted molar refractivity (Wildman–Crippen MR) is 62.5 cm³/mol. The molecule has 0 aromatic heterocycles. The molecule has 96 valence electrons. The number of carbonyl (C=O) groups excluding carboxylic acids is 2. The lowest BCUT2D eigenvalue weighted by molar-refractivity contribution is -0.119. The molecular formula is C12H20N2O3. The van der Waals surface area contributed by atoms with E-state index in [1.165, 1.54) is 0 Å². The highest BCUT2D eigenvalue weighted by Crippen LogP contribution is 2.23. The van der Waals surface area contributed by atoms with E-state index >= 15 is 0 Å². The van der Waals surface area contributed by atoms with Crippen molar-refractivity contribution in [1.29, 1.82) is 0 Å². The third-order valence-electron chi connectivity index (χ3n) is 3.75. The van der Waals surface area contributed by atoms with Crippen molar-refractivity contribution in [2.45, 2.75) is 38.8 Å². The number of hydrogen-bond donors (Lipinski definition) is 0. The van der Waals surface area contributed by atoms with Gasteiger partial charge in [-0.2, -0.15) is 0 Å². The Labute approximate surface area is 102 Å². The zero-order chi connectivity index (χ0) is 12.4. The molecule has 0 radical (unpaired) electrons. The zero-order valence-electron chi connectivity index (χ0n) is 10.5. The highest BCUT2D eigenvalue weighted by Gasteiger charge is 2.38. The molecule has 0 N–H and O–H groups in total. The Hall–Kier alpha value is -1.26. The van der Waals surface area contributed by atoms with Gasteiger partial charge >= 0.3 is 6.09 Å². The lowest BCUT2D eigenvalue weighted by atomic mass is 10.0. The van der Waals surface area contributed by atoms with Crippen LogP contribution in [0.25, 0.3) is 0 Å². The first-order chi connectivity index (χ1) is 8.13. The monoisotopic (exact) mass is 240 g/mol. The van der Waals surface area contributed by atoms with Gasteiger partial charge in [0, 0.05) is 19.1 Å². The molecule has 2 atom stereocenters. The quantitative estimate of drug-likeness (QED) is 0.691.